The van der Waals surface area contributed by atoms with Crippen molar-refractivity contribution in [2.45, 2.75) is 0 Å². The molecule has 2 heterocycles. The molecule has 0 aliphatic heterocycles. The minimum Gasteiger partial charge on any atom is -0.337 e. The van der Waals surface area contributed by atoms with E-state index in [9.17, 15) is 0 Å². The number of hydrogen-bond acceptors (Lipinski definition) is 7. The van der Waals surface area contributed by atoms with Crippen molar-refractivity contribution in [2.24, 2.45) is 0 Å². The lowest BCUT2D eigenvalue weighted by Gasteiger charge is -2.12. The van der Waals surface area contributed by atoms with E-state index in [0.29, 0.717) is 43.1 Å². The Kier molecular flexibility index (Phi) is 4.92. The molecule has 0 aliphatic carbocycles. The first-order valence-electron chi connectivity index (χ1n) is 7.44. The molecule has 7 nitrogen and oxygen atoms in total. The standard InChI is InChI=1S/C16H8Cl4N6O/c17-9-3-1-7(5-11(9)19)21-13-14(24-16-15(23-13)25-27-26-16)22-8-2-4-10(18)12(20)6-8/h1-6H,(H,21,23,25)(H,22,24,26). The topological polar surface area (TPSA) is 88.8 Å². The van der Waals surface area contributed by atoms with E-state index in [1.165, 1.54) is 0 Å². The van der Waals surface area contributed by atoms with Crippen LogP contribution in [0.25, 0.3) is 11.3 Å². The zero-order valence-electron chi connectivity index (χ0n) is 13.2. The Morgan fingerprint density at radius 3 is 1.48 bits per heavy atom. The summed E-state index contributed by atoms with van der Waals surface area (Å²) in [6, 6.07) is 10.2. The summed E-state index contributed by atoms with van der Waals surface area (Å²) in [5.74, 6) is 0.755. The SMILES string of the molecule is Clc1ccc(Nc2nc3nonc3nc2Nc2ccc(Cl)c(Cl)c2)cc1Cl. The Labute approximate surface area is 172 Å². The number of rotatable bonds is 4. The predicted molar refractivity (Wildman–Crippen MR) is 107 cm³/mol. The Hall–Kier alpha value is -2.32. The number of benzene rings is 2. The monoisotopic (exact) mass is 440 g/mol. The molecular weight excluding hydrogens is 434 g/mol. The van der Waals surface area contributed by atoms with Crippen molar-refractivity contribution in [1.82, 2.24) is 20.3 Å². The molecule has 4 rings (SSSR count). The molecule has 11 heteroatoms. The molecule has 2 aromatic heterocycles. The summed E-state index contributed by atoms with van der Waals surface area (Å²) in [5, 5.41) is 15.4. The lowest BCUT2D eigenvalue weighted by molar-refractivity contribution is 0.314. The maximum absolute atomic E-state index is 6.07. The summed E-state index contributed by atoms with van der Waals surface area (Å²) >= 11 is 24.1. The first-order valence-corrected chi connectivity index (χ1v) is 8.95. The molecule has 2 N–H and O–H groups in total. The minimum absolute atomic E-state index is 0.247. The van der Waals surface area contributed by atoms with Gasteiger partial charge in [0.1, 0.15) is 0 Å². The summed E-state index contributed by atoms with van der Waals surface area (Å²) in [6.45, 7) is 0. The molecule has 0 bridgehead atoms. The predicted octanol–water partition coefficient (Wildman–Crippen LogP) is 6.11. The zero-order valence-corrected chi connectivity index (χ0v) is 16.2. The third-order valence-electron chi connectivity index (χ3n) is 3.48. The van der Waals surface area contributed by atoms with Gasteiger partial charge in [0.25, 0.3) is 0 Å². The Balaban J connectivity index is 1.74. The fourth-order valence-electron chi connectivity index (χ4n) is 2.23. The van der Waals surface area contributed by atoms with Gasteiger partial charge in [-0.15, -0.1) is 0 Å². The molecule has 0 fully saturated rings. The molecule has 0 unspecified atom stereocenters. The van der Waals surface area contributed by atoms with Crippen LogP contribution in [0.1, 0.15) is 0 Å². The largest absolute Gasteiger partial charge is 0.337 e. The van der Waals surface area contributed by atoms with Crippen LogP contribution in [0.4, 0.5) is 23.0 Å². The average Bonchev–Trinajstić information content (AvgIpc) is 3.09. The number of anilines is 4. The van der Waals surface area contributed by atoms with Crippen molar-refractivity contribution in [3.8, 4) is 0 Å². The first kappa shape index (κ1) is 18.1. The van der Waals surface area contributed by atoms with Crippen LogP contribution < -0.4 is 10.6 Å². The number of fused-ring (bicyclic) bond motifs is 1. The van der Waals surface area contributed by atoms with E-state index in [4.69, 9.17) is 46.4 Å². The summed E-state index contributed by atoms with van der Waals surface area (Å²) in [4.78, 5) is 8.76. The van der Waals surface area contributed by atoms with Crippen molar-refractivity contribution in [3.05, 3.63) is 56.5 Å². The molecule has 27 heavy (non-hydrogen) atoms. The van der Waals surface area contributed by atoms with Gasteiger partial charge in [0.05, 0.1) is 20.1 Å². The van der Waals surface area contributed by atoms with Crippen LogP contribution in [0.5, 0.6) is 0 Å². The van der Waals surface area contributed by atoms with Gasteiger partial charge in [-0.25, -0.2) is 14.6 Å². The summed E-state index contributed by atoms with van der Waals surface area (Å²) in [6.07, 6.45) is 0. The molecule has 2 aromatic carbocycles. The Morgan fingerprint density at radius 2 is 1.07 bits per heavy atom. The van der Waals surface area contributed by atoms with Gasteiger partial charge in [0, 0.05) is 11.4 Å². The Morgan fingerprint density at radius 1 is 0.630 bits per heavy atom. The highest BCUT2D eigenvalue weighted by Crippen LogP contribution is 2.32. The van der Waals surface area contributed by atoms with Crippen LogP contribution in [0.15, 0.2) is 41.0 Å². The third-order valence-corrected chi connectivity index (χ3v) is 4.96. The summed E-state index contributed by atoms with van der Waals surface area (Å²) in [7, 11) is 0. The van der Waals surface area contributed by atoms with Crippen LogP contribution in [0, 0.1) is 0 Å². The maximum Gasteiger partial charge on any atom is 0.245 e. The van der Waals surface area contributed by atoms with Gasteiger partial charge >= 0.3 is 0 Å². The van der Waals surface area contributed by atoms with E-state index < -0.39 is 0 Å². The maximum atomic E-state index is 6.07. The number of hydrogen-bond donors (Lipinski definition) is 2. The second-order valence-corrected chi connectivity index (χ2v) is 6.97. The first-order chi connectivity index (χ1) is 13.0. The number of halogens is 4. The highest BCUT2D eigenvalue weighted by atomic mass is 35.5. The van der Waals surface area contributed by atoms with E-state index in [1.54, 1.807) is 36.4 Å². The molecule has 0 saturated heterocycles. The molecule has 0 radical (unpaired) electrons. The number of nitrogens with one attached hydrogen (secondary N) is 2. The molecule has 0 aliphatic rings. The summed E-state index contributed by atoms with van der Waals surface area (Å²) in [5.41, 5.74) is 1.81. The van der Waals surface area contributed by atoms with Gasteiger partial charge in [0.15, 0.2) is 11.6 Å². The zero-order chi connectivity index (χ0) is 19.0. The lowest BCUT2D eigenvalue weighted by Crippen LogP contribution is -2.03. The highest BCUT2D eigenvalue weighted by molar-refractivity contribution is 6.42. The second-order valence-electron chi connectivity index (χ2n) is 5.34. The molecule has 0 amide bonds. The van der Waals surface area contributed by atoms with E-state index in [0.717, 1.165) is 0 Å². The number of nitrogens with zero attached hydrogens (tertiary/aromatic N) is 4. The molecule has 136 valence electrons. The second kappa shape index (κ2) is 7.36. The van der Waals surface area contributed by atoms with Crippen LogP contribution in [0.2, 0.25) is 20.1 Å². The minimum atomic E-state index is 0.247. The fourth-order valence-corrected chi connectivity index (χ4v) is 2.83. The van der Waals surface area contributed by atoms with E-state index in [1.807, 2.05) is 0 Å². The van der Waals surface area contributed by atoms with Crippen molar-refractivity contribution in [3.63, 3.8) is 0 Å². The van der Waals surface area contributed by atoms with Crippen LogP contribution in [-0.2, 0) is 0 Å². The fraction of sp³-hybridized carbons (Fsp3) is 0. The van der Waals surface area contributed by atoms with Crippen LogP contribution >= 0.6 is 46.4 Å². The normalized spacial score (nSPS) is 11.0. The lowest BCUT2D eigenvalue weighted by atomic mass is 10.3. The molecule has 0 saturated carbocycles. The third kappa shape index (κ3) is 3.86. The molecule has 4 aromatic rings. The van der Waals surface area contributed by atoms with Gasteiger partial charge in [0.2, 0.25) is 11.3 Å². The Bertz CT molecular complexity index is 1060. The van der Waals surface area contributed by atoms with Gasteiger partial charge in [-0.2, -0.15) is 0 Å². The summed E-state index contributed by atoms with van der Waals surface area (Å²) < 4.78 is 4.69. The quantitative estimate of drug-likeness (QED) is 0.394. The molecule has 0 atom stereocenters. The molecule has 0 spiro atoms. The molecular formula is C16H8Cl4N6O. The van der Waals surface area contributed by atoms with E-state index in [2.05, 4.69) is 35.5 Å². The average molecular weight is 442 g/mol. The van der Waals surface area contributed by atoms with Gasteiger partial charge in [-0.05, 0) is 46.7 Å². The smallest absolute Gasteiger partial charge is 0.245 e. The van der Waals surface area contributed by atoms with Crippen molar-refractivity contribution in [1.29, 1.82) is 0 Å². The van der Waals surface area contributed by atoms with E-state index in [-0.39, 0.29) is 11.3 Å². The van der Waals surface area contributed by atoms with Gasteiger partial charge in [-0.1, -0.05) is 46.4 Å². The van der Waals surface area contributed by atoms with Crippen LogP contribution in [0.3, 0.4) is 0 Å². The number of aromatic nitrogens is 4. The van der Waals surface area contributed by atoms with Crippen molar-refractivity contribution >= 4 is 80.7 Å². The van der Waals surface area contributed by atoms with E-state index >= 15 is 0 Å². The van der Waals surface area contributed by atoms with Crippen molar-refractivity contribution in [2.75, 3.05) is 10.6 Å². The van der Waals surface area contributed by atoms with Gasteiger partial charge < -0.3 is 10.6 Å². The van der Waals surface area contributed by atoms with Crippen LogP contribution in [-0.4, -0.2) is 20.3 Å². The highest BCUT2D eigenvalue weighted by Gasteiger charge is 2.14. The van der Waals surface area contributed by atoms with Crippen molar-refractivity contribution < 1.29 is 4.63 Å². The van der Waals surface area contributed by atoms with Gasteiger partial charge in [-0.3, -0.25) is 0 Å².